The molecule has 0 radical (unpaired) electrons. The van der Waals surface area contributed by atoms with E-state index in [1.807, 2.05) is 6.07 Å². The highest BCUT2D eigenvalue weighted by Gasteiger charge is 2.24. The van der Waals surface area contributed by atoms with E-state index >= 15 is 0 Å². The molecule has 0 spiro atoms. The molecule has 3 amide bonds. The van der Waals surface area contributed by atoms with Crippen LogP contribution in [0, 0.1) is 0 Å². The smallest absolute Gasteiger partial charge is 0.407 e. The van der Waals surface area contributed by atoms with E-state index in [1.165, 1.54) is 6.92 Å². The molecule has 0 saturated heterocycles. The van der Waals surface area contributed by atoms with Crippen LogP contribution in [0.2, 0.25) is 0 Å². The molecule has 0 heterocycles. The Labute approximate surface area is 149 Å². The van der Waals surface area contributed by atoms with Gasteiger partial charge in [-0.2, -0.15) is 0 Å². The van der Waals surface area contributed by atoms with Crippen molar-refractivity contribution in [3.63, 3.8) is 0 Å². The molecule has 1 aromatic carbocycles. The number of carbonyl (C=O) groups is 4. The van der Waals surface area contributed by atoms with Gasteiger partial charge in [0.15, 0.2) is 6.04 Å². The van der Waals surface area contributed by atoms with Gasteiger partial charge in [0.05, 0.1) is 12.6 Å². The normalized spacial score (nSPS) is 12.4. The zero-order valence-corrected chi connectivity index (χ0v) is 14.1. The Balaban J connectivity index is 2.24. The first-order chi connectivity index (χ1) is 12.3. The minimum atomic E-state index is -1.48. The summed E-state index contributed by atoms with van der Waals surface area (Å²) >= 11 is 0. The Bertz CT molecular complexity index is 634. The maximum atomic E-state index is 11.6. The third kappa shape index (κ3) is 8.11. The van der Waals surface area contributed by atoms with Crippen LogP contribution in [-0.4, -0.2) is 59.3 Å². The number of ether oxygens (including phenoxy) is 1. The Morgan fingerprint density at radius 1 is 1.04 bits per heavy atom. The maximum absolute atomic E-state index is 11.6. The van der Waals surface area contributed by atoms with Crippen LogP contribution in [0.3, 0.4) is 0 Å². The van der Waals surface area contributed by atoms with E-state index in [4.69, 9.17) is 9.84 Å². The molecule has 5 N–H and O–H groups in total. The zero-order valence-electron chi connectivity index (χ0n) is 14.1. The van der Waals surface area contributed by atoms with Crippen LogP contribution in [0.1, 0.15) is 12.5 Å². The topological polar surface area (TPSA) is 154 Å². The van der Waals surface area contributed by atoms with Gasteiger partial charge in [0.25, 0.3) is 0 Å². The van der Waals surface area contributed by atoms with Gasteiger partial charge in [-0.1, -0.05) is 30.3 Å². The summed E-state index contributed by atoms with van der Waals surface area (Å²) in [5.74, 6) is -2.86. The summed E-state index contributed by atoms with van der Waals surface area (Å²) in [7, 11) is 0. The Morgan fingerprint density at radius 3 is 2.23 bits per heavy atom. The highest BCUT2D eigenvalue weighted by molar-refractivity contribution is 5.89. The van der Waals surface area contributed by atoms with Crippen molar-refractivity contribution in [3.05, 3.63) is 35.9 Å². The van der Waals surface area contributed by atoms with Crippen LogP contribution in [0.4, 0.5) is 4.79 Å². The first kappa shape index (κ1) is 20.9. The van der Waals surface area contributed by atoms with Crippen molar-refractivity contribution in [3.8, 4) is 0 Å². The molecule has 0 saturated carbocycles. The number of carbonyl (C=O) groups excluding carboxylic acids is 3. The molecule has 0 bridgehead atoms. The van der Waals surface area contributed by atoms with E-state index in [9.17, 15) is 24.3 Å². The van der Waals surface area contributed by atoms with Crippen molar-refractivity contribution >= 4 is 23.9 Å². The number of benzene rings is 1. The number of rotatable bonds is 9. The molecular formula is C16H21N3O7. The molecular weight excluding hydrogens is 346 g/mol. The second-order valence-corrected chi connectivity index (χ2v) is 5.32. The van der Waals surface area contributed by atoms with E-state index in [-0.39, 0.29) is 6.61 Å². The zero-order chi connectivity index (χ0) is 19.5. The average molecular weight is 367 g/mol. The van der Waals surface area contributed by atoms with Crippen molar-refractivity contribution in [2.24, 2.45) is 0 Å². The Hall–Kier alpha value is -3.14. The molecule has 10 heteroatoms. The third-order valence-electron chi connectivity index (χ3n) is 3.12. The van der Waals surface area contributed by atoms with Gasteiger partial charge in [-0.25, -0.2) is 9.59 Å². The van der Waals surface area contributed by atoms with E-state index < -0.39 is 49.1 Å². The largest absolute Gasteiger partial charge is 0.480 e. The summed E-state index contributed by atoms with van der Waals surface area (Å²) in [6.45, 7) is 0.338. The highest BCUT2D eigenvalue weighted by Crippen LogP contribution is 2.00. The summed E-state index contributed by atoms with van der Waals surface area (Å²) in [5.41, 5.74) is 0.787. The van der Waals surface area contributed by atoms with Crippen molar-refractivity contribution in [2.45, 2.75) is 25.7 Å². The Kier molecular flexibility index (Phi) is 8.58. The van der Waals surface area contributed by atoms with Crippen molar-refractivity contribution in [1.29, 1.82) is 0 Å². The summed E-state index contributed by atoms with van der Waals surface area (Å²) in [6, 6.07) is 7.48. The van der Waals surface area contributed by atoms with Gasteiger partial charge >= 0.3 is 12.1 Å². The van der Waals surface area contributed by atoms with Crippen molar-refractivity contribution in [1.82, 2.24) is 16.0 Å². The first-order valence-corrected chi connectivity index (χ1v) is 7.71. The number of carboxylic acids is 1. The summed E-state index contributed by atoms with van der Waals surface area (Å²) in [6.07, 6.45) is -2.10. The summed E-state index contributed by atoms with van der Waals surface area (Å²) < 4.78 is 4.91. The molecule has 0 unspecified atom stereocenters. The fourth-order valence-corrected chi connectivity index (χ4v) is 1.78. The lowest BCUT2D eigenvalue weighted by molar-refractivity contribution is -0.144. The van der Waals surface area contributed by atoms with Gasteiger partial charge in [0.1, 0.15) is 13.2 Å². The standard InChI is InChI=1S/C16H21N3O7/c1-10(20)14(15(23)24)19-13(22)8-17-12(21)7-18-16(25)26-9-11-5-3-2-4-6-11/h2-6,10,14,20H,7-9H2,1H3,(H,17,21)(H,18,25)(H,19,22)(H,23,24)/t10-,14-/m0/s1. The van der Waals surface area contributed by atoms with Crippen molar-refractivity contribution in [2.75, 3.05) is 13.1 Å². The lowest BCUT2D eigenvalue weighted by Crippen LogP contribution is -2.51. The average Bonchev–Trinajstić information content (AvgIpc) is 2.61. The summed E-state index contributed by atoms with van der Waals surface area (Å²) in [4.78, 5) is 45.4. The highest BCUT2D eigenvalue weighted by atomic mass is 16.5. The van der Waals surface area contributed by atoms with Crippen LogP contribution < -0.4 is 16.0 Å². The fourth-order valence-electron chi connectivity index (χ4n) is 1.78. The number of hydrogen-bond donors (Lipinski definition) is 5. The predicted molar refractivity (Wildman–Crippen MR) is 88.9 cm³/mol. The molecule has 1 rings (SSSR count). The van der Waals surface area contributed by atoms with Crippen molar-refractivity contribution < 1.29 is 34.1 Å². The number of alkyl carbamates (subject to hydrolysis) is 1. The van der Waals surface area contributed by atoms with Gasteiger partial charge in [0, 0.05) is 0 Å². The van der Waals surface area contributed by atoms with Gasteiger partial charge < -0.3 is 30.9 Å². The number of carboxylic acid groups (broad SMARTS) is 1. The lowest BCUT2D eigenvalue weighted by Gasteiger charge is -2.17. The maximum Gasteiger partial charge on any atom is 0.407 e. The van der Waals surface area contributed by atoms with E-state index in [1.54, 1.807) is 24.3 Å². The molecule has 0 aliphatic rings. The molecule has 0 aliphatic heterocycles. The SMILES string of the molecule is C[C@H](O)[C@H](NC(=O)CNC(=O)CNC(=O)OCc1ccccc1)C(=O)O. The van der Waals surface area contributed by atoms with Gasteiger partial charge in [-0.05, 0) is 12.5 Å². The molecule has 0 fully saturated rings. The molecule has 26 heavy (non-hydrogen) atoms. The van der Waals surface area contributed by atoms with Gasteiger partial charge in [0.2, 0.25) is 11.8 Å². The molecule has 10 nitrogen and oxygen atoms in total. The van der Waals surface area contributed by atoms with E-state index in [0.29, 0.717) is 0 Å². The molecule has 142 valence electrons. The van der Waals surface area contributed by atoms with Crippen LogP contribution in [0.25, 0.3) is 0 Å². The van der Waals surface area contributed by atoms with Crippen LogP contribution >= 0.6 is 0 Å². The number of amides is 3. The first-order valence-electron chi connectivity index (χ1n) is 7.71. The number of aliphatic hydroxyl groups is 1. The molecule has 2 atom stereocenters. The number of nitrogens with one attached hydrogen (secondary N) is 3. The van der Waals surface area contributed by atoms with Gasteiger partial charge in [-0.15, -0.1) is 0 Å². The molecule has 0 aromatic heterocycles. The third-order valence-corrected chi connectivity index (χ3v) is 3.12. The lowest BCUT2D eigenvalue weighted by atomic mass is 10.2. The quantitative estimate of drug-likeness (QED) is 0.374. The predicted octanol–water partition coefficient (Wildman–Crippen LogP) is -1.02. The van der Waals surface area contributed by atoms with E-state index in [2.05, 4.69) is 16.0 Å². The second-order valence-electron chi connectivity index (χ2n) is 5.32. The minimum Gasteiger partial charge on any atom is -0.480 e. The fraction of sp³-hybridized carbons (Fsp3) is 0.375. The van der Waals surface area contributed by atoms with E-state index in [0.717, 1.165) is 5.56 Å². The van der Waals surface area contributed by atoms with Crippen LogP contribution in [-0.2, 0) is 25.7 Å². The van der Waals surface area contributed by atoms with Gasteiger partial charge in [-0.3, -0.25) is 9.59 Å². The van der Waals surface area contributed by atoms with Crippen LogP contribution in [0.15, 0.2) is 30.3 Å². The minimum absolute atomic E-state index is 0.0482. The number of aliphatic hydroxyl groups excluding tert-OH is 1. The number of aliphatic carboxylic acids is 1. The number of hydrogen-bond acceptors (Lipinski definition) is 6. The van der Waals surface area contributed by atoms with Crippen LogP contribution in [0.5, 0.6) is 0 Å². The second kappa shape index (κ2) is 10.7. The monoisotopic (exact) mass is 367 g/mol. The Morgan fingerprint density at radius 2 is 1.65 bits per heavy atom. The molecule has 1 aromatic rings. The summed E-state index contributed by atoms with van der Waals surface area (Å²) in [5, 5.41) is 24.5. The molecule has 0 aliphatic carbocycles.